The summed E-state index contributed by atoms with van der Waals surface area (Å²) >= 11 is 1.65. The second kappa shape index (κ2) is 3.31. The zero-order valence-corrected chi connectivity index (χ0v) is 9.40. The van der Waals surface area contributed by atoms with Crippen LogP contribution < -0.4 is 0 Å². The molecule has 3 rings (SSSR count). The Kier molecular flexibility index (Phi) is 1.94. The number of hydrogen-bond donors (Lipinski definition) is 1. The van der Waals surface area contributed by atoms with Crippen molar-refractivity contribution in [2.24, 2.45) is 0 Å². The van der Waals surface area contributed by atoms with Crippen LogP contribution in [0.15, 0.2) is 29.1 Å². The third-order valence-electron chi connectivity index (χ3n) is 2.48. The molecule has 0 aliphatic rings. The summed E-state index contributed by atoms with van der Waals surface area (Å²) in [7, 11) is 0. The molecule has 0 spiro atoms. The third kappa shape index (κ3) is 1.29. The quantitative estimate of drug-likeness (QED) is 0.700. The van der Waals surface area contributed by atoms with Crippen molar-refractivity contribution in [3.05, 3.63) is 34.7 Å². The highest BCUT2D eigenvalue weighted by Crippen LogP contribution is 2.27. The van der Waals surface area contributed by atoms with Gasteiger partial charge in [-0.3, -0.25) is 0 Å². The van der Waals surface area contributed by atoms with Gasteiger partial charge in [-0.25, -0.2) is 9.50 Å². The molecule has 16 heavy (non-hydrogen) atoms. The Bertz CT molecular complexity index is 656. The van der Waals surface area contributed by atoms with Crippen LogP contribution in [0.4, 0.5) is 0 Å². The van der Waals surface area contributed by atoms with Gasteiger partial charge in [0.15, 0.2) is 5.65 Å². The molecular weight excluding hydrogens is 222 g/mol. The van der Waals surface area contributed by atoms with Crippen LogP contribution in [0.3, 0.4) is 0 Å². The Balaban J connectivity index is 2.32. The predicted octanol–water partition coefficient (Wildman–Crippen LogP) is 2.47. The van der Waals surface area contributed by atoms with Gasteiger partial charge >= 0.3 is 0 Å². The number of fused-ring (bicyclic) bond motifs is 1. The smallest absolute Gasteiger partial charge is 0.229 e. The standard InChI is InChI=1S/C11H9N3OS/c1-7-5-16-6-8(7)9-4-12-10-2-3-11(15)13-14(9)10/h2-6H,1H3,(H,13,15). The monoisotopic (exact) mass is 231 g/mol. The van der Waals surface area contributed by atoms with Gasteiger partial charge in [-0.05, 0) is 23.9 Å². The average Bonchev–Trinajstić information content (AvgIpc) is 2.83. The lowest BCUT2D eigenvalue weighted by molar-refractivity contribution is 0.442. The second-order valence-corrected chi connectivity index (χ2v) is 4.32. The van der Waals surface area contributed by atoms with Gasteiger partial charge in [-0.1, -0.05) is 0 Å². The largest absolute Gasteiger partial charge is 0.492 e. The van der Waals surface area contributed by atoms with Crippen molar-refractivity contribution in [3.8, 4) is 17.1 Å². The topological polar surface area (TPSA) is 50.4 Å². The Morgan fingerprint density at radius 1 is 1.31 bits per heavy atom. The molecule has 3 aromatic heterocycles. The van der Waals surface area contributed by atoms with Gasteiger partial charge < -0.3 is 5.11 Å². The maximum atomic E-state index is 9.38. The van der Waals surface area contributed by atoms with Crippen LogP contribution in [0.2, 0.25) is 0 Å². The molecular formula is C11H9N3OS. The predicted molar refractivity (Wildman–Crippen MR) is 62.7 cm³/mol. The minimum atomic E-state index is -0.000340. The van der Waals surface area contributed by atoms with E-state index >= 15 is 0 Å². The molecule has 0 saturated heterocycles. The molecule has 1 N–H and O–H groups in total. The summed E-state index contributed by atoms with van der Waals surface area (Å²) in [4.78, 5) is 4.25. The summed E-state index contributed by atoms with van der Waals surface area (Å²) < 4.78 is 1.66. The Morgan fingerprint density at radius 2 is 2.19 bits per heavy atom. The van der Waals surface area contributed by atoms with E-state index in [0.717, 1.165) is 16.9 Å². The van der Waals surface area contributed by atoms with Crippen LogP contribution in [-0.2, 0) is 0 Å². The van der Waals surface area contributed by atoms with Gasteiger partial charge in [0.2, 0.25) is 5.88 Å². The fourth-order valence-electron chi connectivity index (χ4n) is 1.67. The van der Waals surface area contributed by atoms with Crippen LogP contribution in [0, 0.1) is 6.92 Å². The fraction of sp³-hybridized carbons (Fsp3) is 0.0909. The molecule has 0 radical (unpaired) electrons. The third-order valence-corrected chi connectivity index (χ3v) is 3.34. The first kappa shape index (κ1) is 9.35. The van der Waals surface area contributed by atoms with Gasteiger partial charge in [0.1, 0.15) is 0 Å². The Morgan fingerprint density at radius 3 is 2.94 bits per heavy atom. The SMILES string of the molecule is Cc1cscc1-c1cnc2ccc(O)nn12. The number of aromatic hydroxyl groups is 1. The summed E-state index contributed by atoms with van der Waals surface area (Å²) in [6, 6.07) is 3.28. The van der Waals surface area contributed by atoms with Gasteiger partial charge in [-0.15, -0.1) is 5.10 Å². The van der Waals surface area contributed by atoms with Gasteiger partial charge in [-0.2, -0.15) is 11.3 Å². The van der Waals surface area contributed by atoms with E-state index in [9.17, 15) is 5.11 Å². The van der Waals surface area contributed by atoms with E-state index in [1.54, 1.807) is 28.1 Å². The lowest BCUT2D eigenvalue weighted by atomic mass is 10.2. The summed E-state index contributed by atoms with van der Waals surface area (Å²) in [6.07, 6.45) is 1.77. The van der Waals surface area contributed by atoms with E-state index in [1.165, 1.54) is 11.6 Å². The van der Waals surface area contributed by atoms with Crippen LogP contribution in [0.5, 0.6) is 5.88 Å². The number of rotatable bonds is 1. The van der Waals surface area contributed by atoms with Gasteiger partial charge in [0, 0.05) is 17.0 Å². The van der Waals surface area contributed by atoms with E-state index in [1.807, 2.05) is 6.92 Å². The van der Waals surface area contributed by atoms with E-state index < -0.39 is 0 Å². The molecule has 3 aromatic rings. The first-order valence-corrected chi connectivity index (χ1v) is 5.77. The summed E-state index contributed by atoms with van der Waals surface area (Å²) in [6.45, 7) is 2.05. The summed E-state index contributed by atoms with van der Waals surface area (Å²) in [5.41, 5.74) is 3.94. The molecule has 80 valence electrons. The van der Waals surface area contributed by atoms with E-state index in [0.29, 0.717) is 0 Å². The highest BCUT2D eigenvalue weighted by molar-refractivity contribution is 7.08. The second-order valence-electron chi connectivity index (χ2n) is 3.57. The summed E-state index contributed by atoms with van der Waals surface area (Å²) in [5.74, 6) is -0.000340. The van der Waals surface area contributed by atoms with Crippen LogP contribution in [-0.4, -0.2) is 19.7 Å². The lowest BCUT2D eigenvalue weighted by Gasteiger charge is -2.00. The average molecular weight is 231 g/mol. The minimum Gasteiger partial charge on any atom is -0.492 e. The Labute approximate surface area is 95.8 Å². The minimum absolute atomic E-state index is 0.000340. The van der Waals surface area contributed by atoms with Crippen molar-refractivity contribution in [2.75, 3.05) is 0 Å². The van der Waals surface area contributed by atoms with Gasteiger partial charge in [0.05, 0.1) is 11.9 Å². The van der Waals surface area contributed by atoms with Crippen molar-refractivity contribution in [1.82, 2.24) is 14.6 Å². The first-order chi connectivity index (χ1) is 7.75. The lowest BCUT2D eigenvalue weighted by Crippen LogP contribution is -1.93. The molecule has 0 unspecified atom stereocenters. The molecule has 5 heteroatoms. The highest BCUT2D eigenvalue weighted by atomic mass is 32.1. The molecule has 4 nitrogen and oxygen atoms in total. The van der Waals surface area contributed by atoms with Crippen LogP contribution >= 0.6 is 11.3 Å². The number of hydrogen-bond acceptors (Lipinski definition) is 4. The zero-order valence-electron chi connectivity index (χ0n) is 8.58. The Hall–Kier alpha value is -1.88. The zero-order chi connectivity index (χ0) is 11.1. The first-order valence-electron chi connectivity index (χ1n) is 4.82. The van der Waals surface area contributed by atoms with E-state index in [4.69, 9.17) is 0 Å². The maximum absolute atomic E-state index is 9.38. The van der Waals surface area contributed by atoms with Crippen molar-refractivity contribution >= 4 is 17.0 Å². The molecule has 0 amide bonds. The molecule has 0 atom stereocenters. The molecule has 0 fully saturated rings. The van der Waals surface area contributed by atoms with Crippen molar-refractivity contribution in [1.29, 1.82) is 0 Å². The normalized spacial score (nSPS) is 11.1. The highest BCUT2D eigenvalue weighted by Gasteiger charge is 2.10. The molecule has 0 saturated carbocycles. The molecule has 0 aliphatic heterocycles. The number of aromatic nitrogens is 3. The van der Waals surface area contributed by atoms with E-state index in [2.05, 4.69) is 20.8 Å². The van der Waals surface area contributed by atoms with Crippen LogP contribution in [0.25, 0.3) is 16.9 Å². The van der Waals surface area contributed by atoms with Crippen molar-refractivity contribution < 1.29 is 5.11 Å². The van der Waals surface area contributed by atoms with Gasteiger partial charge in [0.25, 0.3) is 0 Å². The number of thiophene rings is 1. The number of nitrogens with zero attached hydrogens (tertiary/aromatic N) is 3. The maximum Gasteiger partial charge on any atom is 0.229 e. The van der Waals surface area contributed by atoms with E-state index in [-0.39, 0.29) is 5.88 Å². The fourth-order valence-corrected chi connectivity index (χ4v) is 2.51. The van der Waals surface area contributed by atoms with Crippen LogP contribution in [0.1, 0.15) is 5.56 Å². The number of imidazole rings is 1. The molecule has 0 bridgehead atoms. The number of aryl methyl sites for hydroxylation is 1. The molecule has 0 aromatic carbocycles. The molecule has 3 heterocycles. The van der Waals surface area contributed by atoms with Crippen molar-refractivity contribution in [2.45, 2.75) is 6.92 Å². The molecule has 0 aliphatic carbocycles. The summed E-state index contributed by atoms with van der Waals surface area (Å²) in [5, 5.41) is 17.6. The van der Waals surface area contributed by atoms with Crippen molar-refractivity contribution in [3.63, 3.8) is 0 Å².